The first-order valence-corrected chi connectivity index (χ1v) is 9.72. The molecule has 0 fully saturated rings. The summed E-state index contributed by atoms with van der Waals surface area (Å²) < 4.78 is 8.68. The molecular weight excluding hydrogens is 394 g/mol. The molecule has 9 nitrogen and oxygen atoms in total. The van der Waals surface area contributed by atoms with Gasteiger partial charge in [0.05, 0.1) is 36.6 Å². The van der Waals surface area contributed by atoms with Crippen LogP contribution in [0.5, 0.6) is 5.75 Å². The highest BCUT2D eigenvalue weighted by molar-refractivity contribution is 6.03. The number of rotatable bonds is 5. The number of carbonyl (C=O) groups is 1. The van der Waals surface area contributed by atoms with Crippen LogP contribution in [0.25, 0.3) is 17.2 Å². The molecule has 0 aliphatic rings. The summed E-state index contributed by atoms with van der Waals surface area (Å²) in [6.07, 6.45) is 3.15. The molecule has 0 radical (unpaired) electrons. The number of ether oxygens (including phenoxy) is 1. The van der Waals surface area contributed by atoms with Crippen molar-refractivity contribution in [3.05, 3.63) is 65.6 Å². The summed E-state index contributed by atoms with van der Waals surface area (Å²) in [5, 5.41) is 7.28. The number of aromatic nitrogens is 6. The van der Waals surface area contributed by atoms with Crippen molar-refractivity contribution in [1.29, 1.82) is 0 Å². The summed E-state index contributed by atoms with van der Waals surface area (Å²) in [6.45, 7) is 5.82. The molecule has 0 aliphatic carbocycles. The van der Waals surface area contributed by atoms with Crippen LogP contribution in [-0.4, -0.2) is 42.3 Å². The Morgan fingerprint density at radius 1 is 1.10 bits per heavy atom. The first-order valence-electron chi connectivity index (χ1n) is 9.72. The van der Waals surface area contributed by atoms with Crippen molar-refractivity contribution in [2.75, 3.05) is 12.4 Å². The number of aryl methyl sites for hydroxylation is 3. The molecule has 9 heteroatoms. The Labute approximate surface area is 179 Å². The molecule has 0 aliphatic heterocycles. The molecular formula is C22H23N7O2. The summed E-state index contributed by atoms with van der Waals surface area (Å²) in [5.74, 6) is 1.75. The fourth-order valence-corrected chi connectivity index (χ4v) is 3.37. The second kappa shape index (κ2) is 8.02. The highest BCUT2D eigenvalue weighted by Gasteiger charge is 2.16. The van der Waals surface area contributed by atoms with Gasteiger partial charge in [-0.1, -0.05) is 12.1 Å². The van der Waals surface area contributed by atoms with Gasteiger partial charge in [0.15, 0.2) is 0 Å². The molecule has 1 aromatic carbocycles. The van der Waals surface area contributed by atoms with Crippen molar-refractivity contribution in [1.82, 2.24) is 29.3 Å². The Morgan fingerprint density at radius 3 is 2.48 bits per heavy atom. The maximum atomic E-state index is 12.8. The minimum absolute atomic E-state index is 0.300. The van der Waals surface area contributed by atoms with Crippen LogP contribution >= 0.6 is 0 Å². The van der Waals surface area contributed by atoms with Crippen molar-refractivity contribution in [2.24, 2.45) is 7.05 Å². The number of hydrogen-bond acceptors (Lipinski definition) is 6. The summed E-state index contributed by atoms with van der Waals surface area (Å²) >= 11 is 0. The van der Waals surface area contributed by atoms with Crippen LogP contribution in [0.2, 0.25) is 0 Å². The lowest BCUT2D eigenvalue weighted by atomic mass is 10.1. The first-order chi connectivity index (χ1) is 14.9. The van der Waals surface area contributed by atoms with E-state index in [1.807, 2.05) is 49.6 Å². The highest BCUT2D eigenvalue weighted by atomic mass is 16.5. The van der Waals surface area contributed by atoms with Crippen LogP contribution < -0.4 is 10.1 Å². The monoisotopic (exact) mass is 417 g/mol. The number of methoxy groups -OCH3 is 1. The van der Waals surface area contributed by atoms with Crippen molar-refractivity contribution in [2.45, 2.75) is 20.8 Å². The number of benzene rings is 1. The van der Waals surface area contributed by atoms with Gasteiger partial charge in [-0.05, 0) is 39.0 Å². The molecule has 3 aromatic heterocycles. The minimum atomic E-state index is -0.300. The molecule has 0 unspecified atom stereocenters. The first kappa shape index (κ1) is 20.3. The smallest absolute Gasteiger partial charge is 0.274 e. The van der Waals surface area contributed by atoms with Gasteiger partial charge in [0.1, 0.15) is 17.3 Å². The predicted molar refractivity (Wildman–Crippen MR) is 117 cm³/mol. The normalized spacial score (nSPS) is 10.9. The zero-order chi connectivity index (χ0) is 22.1. The molecule has 0 bridgehead atoms. The van der Waals surface area contributed by atoms with Gasteiger partial charge in [-0.15, -0.1) is 0 Å². The molecule has 31 heavy (non-hydrogen) atoms. The molecule has 1 N–H and O–H groups in total. The third kappa shape index (κ3) is 3.89. The van der Waals surface area contributed by atoms with E-state index in [-0.39, 0.29) is 5.91 Å². The van der Waals surface area contributed by atoms with Gasteiger partial charge in [-0.2, -0.15) is 5.10 Å². The van der Waals surface area contributed by atoms with Crippen LogP contribution in [0.3, 0.4) is 0 Å². The topological polar surface area (TPSA) is 99.7 Å². The van der Waals surface area contributed by atoms with Gasteiger partial charge in [0.2, 0.25) is 5.95 Å². The Kier molecular flexibility index (Phi) is 5.24. The van der Waals surface area contributed by atoms with Gasteiger partial charge >= 0.3 is 0 Å². The van der Waals surface area contributed by atoms with Crippen LogP contribution in [0, 0.1) is 20.8 Å². The lowest BCUT2D eigenvalue weighted by Crippen LogP contribution is -2.16. The second-order valence-corrected chi connectivity index (χ2v) is 7.16. The molecule has 0 atom stereocenters. The molecule has 1 amide bonds. The van der Waals surface area contributed by atoms with Gasteiger partial charge < -0.3 is 10.1 Å². The molecule has 158 valence electrons. The summed E-state index contributed by atoms with van der Waals surface area (Å²) in [5.41, 5.74) is 4.36. The zero-order valence-electron chi connectivity index (χ0n) is 18.0. The largest absolute Gasteiger partial charge is 0.497 e. The van der Waals surface area contributed by atoms with Gasteiger partial charge in [-0.25, -0.2) is 15.0 Å². The van der Waals surface area contributed by atoms with E-state index in [1.165, 1.54) is 0 Å². The summed E-state index contributed by atoms with van der Waals surface area (Å²) in [6, 6.07) is 9.27. The summed E-state index contributed by atoms with van der Waals surface area (Å²) in [7, 11) is 3.34. The molecule has 4 aromatic rings. The minimum Gasteiger partial charge on any atom is -0.497 e. The molecule has 3 heterocycles. The number of nitrogens with one attached hydrogen (secondary N) is 1. The van der Waals surface area contributed by atoms with E-state index < -0.39 is 0 Å². The van der Waals surface area contributed by atoms with E-state index in [0.717, 1.165) is 28.5 Å². The average Bonchev–Trinajstić information content (AvgIpc) is 3.28. The van der Waals surface area contributed by atoms with Crippen molar-refractivity contribution in [3.63, 3.8) is 0 Å². The predicted octanol–water partition coefficient (Wildman–Crippen LogP) is 3.25. The second-order valence-electron chi connectivity index (χ2n) is 7.16. The molecule has 4 rings (SSSR count). The van der Waals surface area contributed by atoms with Crippen LogP contribution in [0.15, 0.2) is 42.7 Å². The van der Waals surface area contributed by atoms with Crippen molar-refractivity contribution >= 4 is 11.6 Å². The van der Waals surface area contributed by atoms with E-state index in [9.17, 15) is 4.79 Å². The lowest BCUT2D eigenvalue weighted by Gasteiger charge is -2.08. The van der Waals surface area contributed by atoms with E-state index in [4.69, 9.17) is 4.74 Å². The number of nitrogens with zero attached hydrogens (tertiary/aromatic N) is 6. The Balaban J connectivity index is 1.54. The third-order valence-electron chi connectivity index (χ3n) is 5.09. The number of hydrogen-bond donors (Lipinski definition) is 1. The number of anilines is 1. The fourth-order valence-electron chi connectivity index (χ4n) is 3.37. The van der Waals surface area contributed by atoms with Crippen LogP contribution in [0.4, 0.5) is 5.69 Å². The van der Waals surface area contributed by atoms with E-state index in [2.05, 4.69) is 25.4 Å². The highest BCUT2D eigenvalue weighted by Crippen LogP contribution is 2.24. The molecule has 0 saturated heterocycles. The average molecular weight is 417 g/mol. The third-order valence-corrected chi connectivity index (χ3v) is 5.09. The number of carbonyl (C=O) groups excluding carboxylic acids is 1. The van der Waals surface area contributed by atoms with Crippen molar-refractivity contribution in [3.8, 4) is 23.0 Å². The SMILES string of the molecule is COc1cccc(-c2cc(C(=O)Nc3cnc(-n4c(C)nc(C)c4C)nc3)n(C)n2)c1. The van der Waals surface area contributed by atoms with Gasteiger partial charge in [-0.3, -0.25) is 14.0 Å². The van der Waals surface area contributed by atoms with E-state index >= 15 is 0 Å². The standard InChI is InChI=1S/C22H23N7O2/c1-13-14(2)29(15(3)25-13)22-23-11-17(12-24-22)26-21(30)20-10-19(27-28(20)4)16-7-6-8-18(9-16)31-5/h6-12H,1-5H3,(H,26,30). The fraction of sp³-hybridized carbons (Fsp3) is 0.227. The molecule has 0 spiro atoms. The quantitative estimate of drug-likeness (QED) is 0.535. The maximum Gasteiger partial charge on any atom is 0.274 e. The number of imidazole rings is 1. The van der Waals surface area contributed by atoms with Crippen molar-refractivity contribution < 1.29 is 9.53 Å². The van der Waals surface area contributed by atoms with E-state index in [0.29, 0.717) is 23.0 Å². The lowest BCUT2D eigenvalue weighted by molar-refractivity contribution is 0.101. The number of amides is 1. The Bertz CT molecular complexity index is 1260. The van der Waals surface area contributed by atoms with Gasteiger partial charge in [0, 0.05) is 18.3 Å². The maximum absolute atomic E-state index is 12.8. The van der Waals surface area contributed by atoms with Crippen LogP contribution in [0.1, 0.15) is 27.7 Å². The summed E-state index contributed by atoms with van der Waals surface area (Å²) in [4.78, 5) is 26.0. The van der Waals surface area contributed by atoms with E-state index in [1.54, 1.807) is 37.3 Å². The van der Waals surface area contributed by atoms with Gasteiger partial charge in [0.25, 0.3) is 5.91 Å². The Hall–Kier alpha value is -4.01. The van der Waals surface area contributed by atoms with Crippen LogP contribution in [-0.2, 0) is 7.05 Å². The zero-order valence-corrected chi connectivity index (χ0v) is 18.0. The molecule has 0 saturated carbocycles. The Morgan fingerprint density at radius 2 is 1.84 bits per heavy atom.